The molecule has 2 heterocycles. The van der Waals surface area contributed by atoms with Crippen molar-refractivity contribution in [1.82, 2.24) is 9.88 Å². The predicted octanol–water partition coefficient (Wildman–Crippen LogP) is 4.19. The monoisotopic (exact) mass is 428 g/mol. The van der Waals surface area contributed by atoms with Crippen LogP contribution in [0.5, 0.6) is 5.75 Å². The zero-order valence-electron chi connectivity index (χ0n) is 17.8. The van der Waals surface area contributed by atoms with E-state index in [2.05, 4.69) is 4.98 Å². The molecule has 0 saturated carbocycles. The first-order valence-electron chi connectivity index (χ1n) is 10.4. The summed E-state index contributed by atoms with van der Waals surface area (Å²) in [7, 11) is 1.58. The third kappa shape index (κ3) is 4.39. The minimum absolute atomic E-state index is 0.127. The number of Topliss-reactive ketones (excluding diaryl/α,β-unsaturated/α-hetero) is 1. The number of aliphatic hydroxyl groups excluding tert-OH is 1. The van der Waals surface area contributed by atoms with Gasteiger partial charge in [-0.2, -0.15) is 0 Å². The highest BCUT2D eigenvalue weighted by molar-refractivity contribution is 6.09. The molecule has 1 amide bonds. The Balaban J connectivity index is 1.64. The molecule has 2 aromatic carbocycles. The molecule has 0 bridgehead atoms. The Morgan fingerprint density at radius 3 is 2.56 bits per heavy atom. The Kier molecular flexibility index (Phi) is 6.31. The Morgan fingerprint density at radius 1 is 1.06 bits per heavy atom. The van der Waals surface area contributed by atoms with Crippen molar-refractivity contribution in [3.63, 3.8) is 0 Å². The highest BCUT2D eigenvalue weighted by Gasteiger charge is 2.43. The van der Waals surface area contributed by atoms with E-state index in [-0.39, 0.29) is 24.3 Å². The van der Waals surface area contributed by atoms with Gasteiger partial charge in [0.05, 0.1) is 18.7 Å². The van der Waals surface area contributed by atoms with Crippen LogP contribution >= 0.6 is 0 Å². The standard InChI is InChI=1S/C26H24N2O4/c1-32-21-11-5-9-19(15-21)17-28-24(20-10-6-14-27-16-20)23(25(30)26(28)31)22(29)13-12-18-7-3-2-4-8-18/h2-11,14-16,24,30H,12-13,17H2,1H3. The van der Waals surface area contributed by atoms with Crippen molar-refractivity contribution < 1.29 is 19.4 Å². The molecule has 4 rings (SSSR count). The third-order valence-electron chi connectivity index (χ3n) is 5.57. The van der Waals surface area contributed by atoms with Crippen LogP contribution in [0, 0.1) is 0 Å². The molecule has 0 spiro atoms. The molecule has 3 aromatic rings. The first-order valence-corrected chi connectivity index (χ1v) is 10.4. The Morgan fingerprint density at radius 2 is 1.84 bits per heavy atom. The van der Waals surface area contributed by atoms with Crippen molar-refractivity contribution >= 4 is 11.7 Å². The van der Waals surface area contributed by atoms with Crippen molar-refractivity contribution in [1.29, 1.82) is 0 Å². The Labute approximate surface area is 186 Å². The van der Waals surface area contributed by atoms with E-state index in [0.29, 0.717) is 17.7 Å². The smallest absolute Gasteiger partial charge is 0.290 e. The highest BCUT2D eigenvalue weighted by atomic mass is 16.5. The average molecular weight is 428 g/mol. The number of hydrogen-bond acceptors (Lipinski definition) is 5. The summed E-state index contributed by atoms with van der Waals surface area (Å²) in [6, 6.07) is 19.9. The van der Waals surface area contributed by atoms with Crippen LogP contribution in [0.15, 0.2) is 90.5 Å². The number of carbonyl (C=O) groups excluding carboxylic acids is 2. The van der Waals surface area contributed by atoms with Crippen LogP contribution in [0.2, 0.25) is 0 Å². The maximum Gasteiger partial charge on any atom is 0.290 e. The molecule has 0 radical (unpaired) electrons. The SMILES string of the molecule is COc1cccc(CN2C(=O)C(O)=C(C(=O)CCc3ccccc3)C2c2cccnc2)c1. The van der Waals surface area contributed by atoms with Crippen LogP contribution in [-0.4, -0.2) is 33.8 Å². The Hall–Kier alpha value is -3.93. The van der Waals surface area contributed by atoms with Gasteiger partial charge in [0.25, 0.3) is 5.91 Å². The topological polar surface area (TPSA) is 79.7 Å². The maximum atomic E-state index is 13.2. The molecular weight excluding hydrogens is 404 g/mol. The quantitative estimate of drug-likeness (QED) is 0.582. The van der Waals surface area contributed by atoms with Crippen molar-refractivity contribution in [3.05, 3.63) is 107 Å². The fourth-order valence-corrected chi connectivity index (χ4v) is 3.99. The number of pyridine rings is 1. The molecule has 0 fully saturated rings. The van der Waals surface area contributed by atoms with Crippen LogP contribution in [-0.2, 0) is 22.6 Å². The summed E-state index contributed by atoms with van der Waals surface area (Å²) in [4.78, 5) is 31.9. The number of rotatable bonds is 8. The number of carbonyl (C=O) groups is 2. The number of aryl methyl sites for hydroxylation is 1. The first kappa shape index (κ1) is 21.3. The molecule has 1 aliphatic heterocycles. The van der Waals surface area contributed by atoms with Crippen LogP contribution < -0.4 is 4.74 Å². The molecule has 0 saturated heterocycles. The van der Waals surface area contributed by atoms with E-state index in [0.717, 1.165) is 11.1 Å². The molecule has 162 valence electrons. The number of aromatic nitrogens is 1. The van der Waals surface area contributed by atoms with E-state index in [1.54, 1.807) is 25.6 Å². The van der Waals surface area contributed by atoms with Gasteiger partial charge in [0.1, 0.15) is 5.75 Å². The van der Waals surface area contributed by atoms with Gasteiger partial charge in [-0.15, -0.1) is 0 Å². The number of aliphatic hydroxyl groups is 1. The van der Waals surface area contributed by atoms with Crippen LogP contribution in [0.25, 0.3) is 0 Å². The van der Waals surface area contributed by atoms with E-state index in [4.69, 9.17) is 4.74 Å². The van der Waals surface area contributed by atoms with Gasteiger partial charge >= 0.3 is 0 Å². The van der Waals surface area contributed by atoms with Crippen LogP contribution in [0.1, 0.15) is 29.2 Å². The zero-order valence-corrected chi connectivity index (χ0v) is 17.8. The van der Waals surface area contributed by atoms with Crippen molar-refractivity contribution in [2.24, 2.45) is 0 Å². The molecular formula is C26H24N2O4. The van der Waals surface area contributed by atoms with Crippen molar-refractivity contribution in [3.8, 4) is 5.75 Å². The summed E-state index contributed by atoms with van der Waals surface area (Å²) >= 11 is 0. The summed E-state index contributed by atoms with van der Waals surface area (Å²) in [6.45, 7) is 0.217. The van der Waals surface area contributed by atoms with Gasteiger partial charge in [0, 0.05) is 25.4 Å². The van der Waals surface area contributed by atoms with Crippen molar-refractivity contribution in [2.75, 3.05) is 7.11 Å². The second-order valence-corrected chi connectivity index (χ2v) is 7.64. The fraction of sp³-hybridized carbons (Fsp3) is 0.192. The summed E-state index contributed by atoms with van der Waals surface area (Å²) < 4.78 is 5.28. The molecule has 1 unspecified atom stereocenters. The molecule has 1 N–H and O–H groups in total. The van der Waals surface area contributed by atoms with Gasteiger partial charge in [-0.3, -0.25) is 14.6 Å². The van der Waals surface area contributed by atoms with Gasteiger partial charge in [0.2, 0.25) is 0 Å². The zero-order chi connectivity index (χ0) is 22.5. The number of hydrogen-bond donors (Lipinski definition) is 1. The van der Waals surface area contributed by atoms with Crippen LogP contribution in [0.4, 0.5) is 0 Å². The van der Waals surface area contributed by atoms with E-state index in [9.17, 15) is 14.7 Å². The van der Waals surface area contributed by atoms with Gasteiger partial charge in [-0.05, 0) is 41.3 Å². The van der Waals surface area contributed by atoms with E-state index >= 15 is 0 Å². The largest absolute Gasteiger partial charge is 0.503 e. The second-order valence-electron chi connectivity index (χ2n) is 7.64. The van der Waals surface area contributed by atoms with Crippen molar-refractivity contribution in [2.45, 2.75) is 25.4 Å². The normalized spacial score (nSPS) is 15.8. The Bertz CT molecular complexity index is 1140. The number of ether oxygens (including phenoxy) is 1. The molecule has 32 heavy (non-hydrogen) atoms. The van der Waals surface area contributed by atoms with Gasteiger partial charge in [0.15, 0.2) is 11.5 Å². The first-order chi connectivity index (χ1) is 15.6. The van der Waals surface area contributed by atoms with Crippen LogP contribution in [0.3, 0.4) is 0 Å². The van der Waals surface area contributed by atoms with E-state index in [1.807, 2.05) is 60.7 Å². The maximum absolute atomic E-state index is 13.2. The number of benzene rings is 2. The lowest BCUT2D eigenvalue weighted by Crippen LogP contribution is -2.30. The molecule has 1 atom stereocenters. The summed E-state index contributed by atoms with van der Waals surface area (Å²) in [5.41, 5.74) is 2.66. The van der Waals surface area contributed by atoms with Gasteiger partial charge in [-0.1, -0.05) is 48.5 Å². The highest BCUT2D eigenvalue weighted by Crippen LogP contribution is 2.39. The second kappa shape index (κ2) is 9.47. The fourth-order valence-electron chi connectivity index (χ4n) is 3.99. The number of ketones is 1. The van der Waals surface area contributed by atoms with Gasteiger partial charge < -0.3 is 14.7 Å². The van der Waals surface area contributed by atoms with E-state index < -0.39 is 17.7 Å². The summed E-state index contributed by atoms with van der Waals surface area (Å²) in [6.07, 6.45) is 3.98. The number of nitrogens with zero attached hydrogens (tertiary/aromatic N) is 2. The molecule has 6 heteroatoms. The lowest BCUT2D eigenvalue weighted by atomic mass is 9.94. The minimum Gasteiger partial charge on any atom is -0.503 e. The minimum atomic E-state index is -0.703. The predicted molar refractivity (Wildman–Crippen MR) is 120 cm³/mol. The number of amides is 1. The molecule has 1 aromatic heterocycles. The molecule has 1 aliphatic rings. The lowest BCUT2D eigenvalue weighted by Gasteiger charge is -2.27. The average Bonchev–Trinajstić information content (AvgIpc) is 3.09. The lowest BCUT2D eigenvalue weighted by molar-refractivity contribution is -0.130. The third-order valence-corrected chi connectivity index (χ3v) is 5.57. The van der Waals surface area contributed by atoms with Gasteiger partial charge in [-0.25, -0.2) is 0 Å². The molecule has 0 aliphatic carbocycles. The molecule has 6 nitrogen and oxygen atoms in total. The number of methoxy groups -OCH3 is 1. The summed E-state index contributed by atoms with van der Waals surface area (Å²) in [5.74, 6) is -0.630. The van der Waals surface area contributed by atoms with E-state index in [1.165, 1.54) is 4.90 Å². The summed E-state index contributed by atoms with van der Waals surface area (Å²) in [5, 5.41) is 10.7.